The smallest absolute Gasteiger partial charge is 0.326 e. The number of urea groups is 1. The number of carboxylic acids is 1. The predicted octanol–water partition coefficient (Wildman–Crippen LogP) is 1.44. The maximum Gasteiger partial charge on any atom is 0.326 e. The van der Waals surface area contributed by atoms with Gasteiger partial charge in [-0.05, 0) is 31.5 Å². The van der Waals surface area contributed by atoms with Gasteiger partial charge in [-0.3, -0.25) is 0 Å². The molecule has 0 fully saturated rings. The van der Waals surface area contributed by atoms with Gasteiger partial charge in [0.2, 0.25) is 0 Å². The zero-order chi connectivity index (χ0) is 15.3. The molecule has 0 aromatic heterocycles. The Morgan fingerprint density at radius 3 is 2.25 bits per heavy atom. The van der Waals surface area contributed by atoms with Gasteiger partial charge in [-0.1, -0.05) is 12.1 Å². The molecule has 0 aliphatic heterocycles. The number of benzene rings is 1. The molecule has 1 aromatic carbocycles. The molecule has 0 spiro atoms. The van der Waals surface area contributed by atoms with Crippen molar-refractivity contribution in [2.75, 3.05) is 7.05 Å². The van der Waals surface area contributed by atoms with E-state index in [-0.39, 0.29) is 18.2 Å². The maximum atomic E-state index is 11.9. The van der Waals surface area contributed by atoms with Gasteiger partial charge in [-0.15, -0.1) is 0 Å². The first kappa shape index (κ1) is 15.8. The molecule has 1 atom stereocenters. The molecule has 1 aromatic rings. The molecule has 110 valence electrons. The molecule has 0 saturated heterocycles. The van der Waals surface area contributed by atoms with Gasteiger partial charge in [0.25, 0.3) is 0 Å². The molecule has 3 N–H and O–H groups in total. The van der Waals surface area contributed by atoms with Crippen LogP contribution in [0.4, 0.5) is 4.79 Å². The zero-order valence-electron chi connectivity index (χ0n) is 11.8. The van der Waals surface area contributed by atoms with Gasteiger partial charge in [0.05, 0.1) is 0 Å². The van der Waals surface area contributed by atoms with E-state index in [0.717, 1.165) is 5.56 Å². The molecular weight excluding hydrogens is 260 g/mol. The van der Waals surface area contributed by atoms with E-state index in [1.54, 1.807) is 19.2 Å². The Morgan fingerprint density at radius 2 is 1.80 bits per heavy atom. The van der Waals surface area contributed by atoms with Gasteiger partial charge >= 0.3 is 12.0 Å². The molecule has 6 nitrogen and oxygen atoms in total. The summed E-state index contributed by atoms with van der Waals surface area (Å²) in [4.78, 5) is 24.5. The second kappa shape index (κ2) is 6.79. The van der Waals surface area contributed by atoms with Crippen LogP contribution in [0.3, 0.4) is 0 Å². The van der Waals surface area contributed by atoms with E-state index in [9.17, 15) is 19.8 Å². The monoisotopic (exact) mass is 280 g/mol. The first-order chi connectivity index (χ1) is 9.31. The largest absolute Gasteiger partial charge is 0.508 e. The quantitative estimate of drug-likeness (QED) is 0.761. The van der Waals surface area contributed by atoms with Crippen LogP contribution in [0, 0.1) is 0 Å². The van der Waals surface area contributed by atoms with Crippen LogP contribution in [0.1, 0.15) is 19.4 Å². The van der Waals surface area contributed by atoms with Gasteiger partial charge in [0.1, 0.15) is 11.8 Å². The molecule has 1 unspecified atom stereocenters. The Labute approximate surface area is 118 Å². The van der Waals surface area contributed by atoms with Crippen molar-refractivity contribution < 1.29 is 19.8 Å². The fraction of sp³-hybridized carbons (Fsp3) is 0.429. The number of carbonyl (C=O) groups excluding carboxylic acids is 1. The number of carboxylic acid groups (broad SMARTS) is 1. The minimum atomic E-state index is -1.09. The number of hydrogen-bond acceptors (Lipinski definition) is 3. The summed E-state index contributed by atoms with van der Waals surface area (Å²) in [6, 6.07) is 4.78. The van der Waals surface area contributed by atoms with Crippen molar-refractivity contribution >= 4 is 12.0 Å². The average molecular weight is 280 g/mol. The first-order valence-electron chi connectivity index (χ1n) is 6.35. The van der Waals surface area contributed by atoms with Crippen LogP contribution in [0.2, 0.25) is 0 Å². The summed E-state index contributed by atoms with van der Waals surface area (Å²) in [7, 11) is 1.61. The number of phenolic OH excluding ortho intramolecular Hbond substituents is 1. The highest BCUT2D eigenvalue weighted by atomic mass is 16.4. The summed E-state index contributed by atoms with van der Waals surface area (Å²) >= 11 is 0. The van der Waals surface area contributed by atoms with Gasteiger partial charge < -0.3 is 20.4 Å². The number of aromatic hydroxyl groups is 1. The summed E-state index contributed by atoms with van der Waals surface area (Å²) in [5.41, 5.74) is 0.725. The van der Waals surface area contributed by atoms with Crippen LogP contribution >= 0.6 is 0 Å². The van der Waals surface area contributed by atoms with Gasteiger partial charge in [-0.25, -0.2) is 9.59 Å². The third-order valence-corrected chi connectivity index (χ3v) is 3.07. The Morgan fingerprint density at radius 1 is 1.25 bits per heavy atom. The summed E-state index contributed by atoms with van der Waals surface area (Å²) in [5.74, 6) is -0.979. The van der Waals surface area contributed by atoms with Crippen LogP contribution in [-0.2, 0) is 11.2 Å². The summed E-state index contributed by atoms with van der Waals surface area (Å²) in [5, 5.41) is 20.8. The van der Waals surface area contributed by atoms with E-state index in [4.69, 9.17) is 0 Å². The van der Waals surface area contributed by atoms with E-state index >= 15 is 0 Å². The van der Waals surface area contributed by atoms with E-state index in [0.29, 0.717) is 0 Å². The normalized spacial score (nSPS) is 12.0. The van der Waals surface area contributed by atoms with Crippen molar-refractivity contribution in [3.8, 4) is 5.75 Å². The second-order valence-corrected chi connectivity index (χ2v) is 4.92. The van der Waals surface area contributed by atoms with Gasteiger partial charge in [-0.2, -0.15) is 0 Å². The molecule has 0 aliphatic carbocycles. The lowest BCUT2D eigenvalue weighted by Gasteiger charge is -2.24. The lowest BCUT2D eigenvalue weighted by molar-refractivity contribution is -0.139. The third kappa shape index (κ3) is 4.46. The highest BCUT2D eigenvalue weighted by Crippen LogP contribution is 2.11. The lowest BCUT2D eigenvalue weighted by atomic mass is 10.1. The van der Waals surface area contributed by atoms with Gasteiger partial charge in [0, 0.05) is 19.5 Å². The maximum absolute atomic E-state index is 11.9. The van der Waals surface area contributed by atoms with Crippen LogP contribution < -0.4 is 5.32 Å². The molecular formula is C14H20N2O4. The fourth-order valence-electron chi connectivity index (χ4n) is 1.55. The molecule has 0 heterocycles. The predicted molar refractivity (Wildman–Crippen MR) is 74.7 cm³/mol. The molecule has 0 aliphatic rings. The van der Waals surface area contributed by atoms with E-state index < -0.39 is 18.0 Å². The Hall–Kier alpha value is -2.24. The van der Waals surface area contributed by atoms with Gasteiger partial charge in [0.15, 0.2) is 0 Å². The lowest BCUT2D eigenvalue weighted by Crippen LogP contribution is -2.49. The number of nitrogens with one attached hydrogen (secondary N) is 1. The minimum Gasteiger partial charge on any atom is -0.508 e. The number of phenols is 1. The van der Waals surface area contributed by atoms with Crippen molar-refractivity contribution in [1.82, 2.24) is 10.2 Å². The second-order valence-electron chi connectivity index (χ2n) is 4.92. The Balaban J connectivity index is 2.72. The highest BCUT2D eigenvalue weighted by Gasteiger charge is 2.22. The van der Waals surface area contributed by atoms with Crippen molar-refractivity contribution in [3.63, 3.8) is 0 Å². The Kier molecular flexibility index (Phi) is 5.37. The molecule has 2 amide bonds. The first-order valence-corrected chi connectivity index (χ1v) is 6.35. The minimum absolute atomic E-state index is 0.0156. The Bertz CT molecular complexity index is 471. The summed E-state index contributed by atoms with van der Waals surface area (Å²) in [6.45, 7) is 3.69. The fourth-order valence-corrected chi connectivity index (χ4v) is 1.55. The highest BCUT2D eigenvalue weighted by molar-refractivity contribution is 5.82. The van der Waals surface area contributed by atoms with Crippen LogP contribution in [0.5, 0.6) is 5.75 Å². The van der Waals surface area contributed by atoms with Crippen LogP contribution in [-0.4, -0.2) is 46.2 Å². The molecule has 0 radical (unpaired) electrons. The number of nitrogens with zero attached hydrogens (tertiary/aromatic N) is 1. The summed E-state index contributed by atoms with van der Waals surface area (Å²) in [6.07, 6.45) is 0.160. The van der Waals surface area contributed by atoms with Crippen molar-refractivity contribution in [2.45, 2.75) is 32.4 Å². The zero-order valence-corrected chi connectivity index (χ0v) is 11.8. The number of rotatable bonds is 5. The van der Waals surface area contributed by atoms with E-state index in [1.165, 1.54) is 17.0 Å². The number of amides is 2. The molecule has 1 rings (SSSR count). The molecule has 6 heteroatoms. The van der Waals surface area contributed by atoms with Crippen LogP contribution in [0.25, 0.3) is 0 Å². The molecule has 20 heavy (non-hydrogen) atoms. The number of hydrogen-bond donors (Lipinski definition) is 3. The van der Waals surface area contributed by atoms with E-state index in [2.05, 4.69) is 5.32 Å². The van der Waals surface area contributed by atoms with E-state index in [1.807, 2.05) is 13.8 Å². The van der Waals surface area contributed by atoms with Crippen LogP contribution in [0.15, 0.2) is 24.3 Å². The standard InChI is InChI=1S/C14H20N2O4/c1-9(2)16(3)14(20)15-12(13(18)19)8-10-4-6-11(17)7-5-10/h4-7,9,12,17H,8H2,1-3H3,(H,15,20)(H,18,19). The summed E-state index contributed by atoms with van der Waals surface area (Å²) < 4.78 is 0. The molecule has 0 saturated carbocycles. The van der Waals surface area contributed by atoms with Crippen molar-refractivity contribution in [1.29, 1.82) is 0 Å². The number of carbonyl (C=O) groups is 2. The topological polar surface area (TPSA) is 89.9 Å². The van der Waals surface area contributed by atoms with Crippen molar-refractivity contribution in [3.05, 3.63) is 29.8 Å². The average Bonchev–Trinajstić information content (AvgIpc) is 2.39. The molecule has 0 bridgehead atoms. The van der Waals surface area contributed by atoms with Crippen molar-refractivity contribution in [2.24, 2.45) is 0 Å². The SMILES string of the molecule is CC(C)N(C)C(=O)NC(Cc1ccc(O)cc1)C(=O)O. The third-order valence-electron chi connectivity index (χ3n) is 3.07. The number of aliphatic carboxylic acids is 1.